The van der Waals surface area contributed by atoms with Crippen LogP contribution in [-0.2, 0) is 11.3 Å². The van der Waals surface area contributed by atoms with Gasteiger partial charge in [0.25, 0.3) is 5.91 Å². The van der Waals surface area contributed by atoms with Crippen molar-refractivity contribution < 1.29 is 9.53 Å². The molecular weight excluding hydrogens is 330 g/mol. The minimum Gasteiger partial charge on any atom is -0.383 e. The first-order valence-electron chi connectivity index (χ1n) is 8.88. The highest BCUT2D eigenvalue weighted by molar-refractivity contribution is 5.92. The van der Waals surface area contributed by atoms with E-state index in [0.29, 0.717) is 18.8 Å². The summed E-state index contributed by atoms with van der Waals surface area (Å²) in [5.41, 5.74) is 1.66. The fourth-order valence-electron chi connectivity index (χ4n) is 2.95. The molecule has 7 nitrogen and oxygen atoms in total. The number of rotatable bonds is 7. The van der Waals surface area contributed by atoms with Crippen molar-refractivity contribution in [2.24, 2.45) is 0 Å². The second-order valence-electron chi connectivity index (χ2n) is 6.27. The lowest BCUT2D eigenvalue weighted by atomic mass is 10.2. The number of carbonyl (C=O) groups is 1. The van der Waals surface area contributed by atoms with Crippen molar-refractivity contribution in [3.8, 4) is 0 Å². The second-order valence-corrected chi connectivity index (χ2v) is 6.27. The standard InChI is InChI=1S/C19H25N5O2/c1-26-14-9-20-19(25)17-7-8-18(22-21-17)24-12-10-23(11-13-24)15-16-5-3-2-4-6-16/h2-8H,9-15H2,1H3,(H,20,25). The molecule has 1 aliphatic rings. The molecule has 1 aromatic heterocycles. The second kappa shape index (κ2) is 9.26. The number of hydrogen-bond donors (Lipinski definition) is 1. The van der Waals surface area contributed by atoms with Crippen LogP contribution in [0.5, 0.6) is 0 Å². The van der Waals surface area contributed by atoms with E-state index in [-0.39, 0.29) is 5.91 Å². The Morgan fingerprint density at radius 1 is 1.08 bits per heavy atom. The van der Waals surface area contributed by atoms with Crippen molar-refractivity contribution in [3.05, 3.63) is 53.7 Å². The monoisotopic (exact) mass is 355 g/mol. The topological polar surface area (TPSA) is 70.6 Å². The summed E-state index contributed by atoms with van der Waals surface area (Å²) in [4.78, 5) is 16.6. The van der Waals surface area contributed by atoms with E-state index in [1.807, 2.05) is 12.1 Å². The molecule has 0 bridgehead atoms. The number of nitrogens with one attached hydrogen (secondary N) is 1. The van der Waals surface area contributed by atoms with Gasteiger partial charge in [0.1, 0.15) is 0 Å². The van der Waals surface area contributed by atoms with Crippen LogP contribution in [0.1, 0.15) is 16.1 Å². The number of amides is 1. The summed E-state index contributed by atoms with van der Waals surface area (Å²) in [5.74, 6) is 0.589. The van der Waals surface area contributed by atoms with Crippen LogP contribution in [0.15, 0.2) is 42.5 Å². The van der Waals surface area contributed by atoms with Crippen LogP contribution in [0.3, 0.4) is 0 Å². The van der Waals surface area contributed by atoms with E-state index in [1.165, 1.54) is 5.56 Å². The number of nitrogens with zero attached hydrogens (tertiary/aromatic N) is 4. The van der Waals surface area contributed by atoms with Crippen molar-refractivity contribution in [2.75, 3.05) is 51.3 Å². The normalized spacial score (nSPS) is 15.0. The first kappa shape index (κ1) is 18.3. The first-order valence-corrected chi connectivity index (χ1v) is 8.88. The summed E-state index contributed by atoms with van der Waals surface area (Å²) in [6, 6.07) is 14.1. The van der Waals surface area contributed by atoms with Gasteiger partial charge in [0.05, 0.1) is 6.61 Å². The third-order valence-corrected chi connectivity index (χ3v) is 4.42. The summed E-state index contributed by atoms with van der Waals surface area (Å²) in [6.07, 6.45) is 0. The van der Waals surface area contributed by atoms with Crippen LogP contribution in [0, 0.1) is 0 Å². The van der Waals surface area contributed by atoms with E-state index in [0.717, 1.165) is 38.5 Å². The van der Waals surface area contributed by atoms with E-state index < -0.39 is 0 Å². The largest absolute Gasteiger partial charge is 0.383 e. The molecule has 3 rings (SSSR count). The number of carbonyl (C=O) groups excluding carboxylic acids is 1. The van der Waals surface area contributed by atoms with Gasteiger partial charge in [0.15, 0.2) is 11.5 Å². The van der Waals surface area contributed by atoms with Gasteiger partial charge in [-0.05, 0) is 17.7 Å². The van der Waals surface area contributed by atoms with Crippen LogP contribution >= 0.6 is 0 Å². The van der Waals surface area contributed by atoms with Gasteiger partial charge in [0.2, 0.25) is 0 Å². The Kier molecular flexibility index (Phi) is 6.51. The van der Waals surface area contributed by atoms with Crippen molar-refractivity contribution in [2.45, 2.75) is 6.54 Å². The maximum Gasteiger partial charge on any atom is 0.271 e. The Bertz CT molecular complexity index is 685. The van der Waals surface area contributed by atoms with Gasteiger partial charge in [-0.25, -0.2) is 0 Å². The molecule has 1 aliphatic heterocycles. The lowest BCUT2D eigenvalue weighted by Gasteiger charge is -2.35. The van der Waals surface area contributed by atoms with Gasteiger partial charge in [-0.3, -0.25) is 9.69 Å². The van der Waals surface area contributed by atoms with Crippen LogP contribution < -0.4 is 10.2 Å². The average molecular weight is 355 g/mol. The van der Waals surface area contributed by atoms with Crippen LogP contribution in [-0.4, -0.2) is 67.4 Å². The minimum absolute atomic E-state index is 0.228. The molecule has 0 atom stereocenters. The van der Waals surface area contributed by atoms with Gasteiger partial charge in [-0.1, -0.05) is 30.3 Å². The molecule has 0 aliphatic carbocycles. The fraction of sp³-hybridized carbons (Fsp3) is 0.421. The van der Waals surface area contributed by atoms with Crippen molar-refractivity contribution in [1.82, 2.24) is 20.4 Å². The Balaban J connectivity index is 1.49. The molecule has 1 aromatic carbocycles. The van der Waals surface area contributed by atoms with Gasteiger partial charge in [-0.2, -0.15) is 0 Å². The molecule has 2 heterocycles. The summed E-state index contributed by atoms with van der Waals surface area (Å²) in [7, 11) is 1.60. The van der Waals surface area contributed by atoms with Crippen LogP contribution in [0.25, 0.3) is 0 Å². The molecule has 0 unspecified atom stereocenters. The third-order valence-electron chi connectivity index (χ3n) is 4.42. The first-order chi connectivity index (χ1) is 12.8. The number of methoxy groups -OCH3 is 1. The number of piperazine rings is 1. The van der Waals surface area contributed by atoms with Crippen molar-refractivity contribution >= 4 is 11.7 Å². The highest BCUT2D eigenvalue weighted by atomic mass is 16.5. The number of hydrogen-bond acceptors (Lipinski definition) is 6. The molecule has 26 heavy (non-hydrogen) atoms. The number of benzene rings is 1. The predicted molar refractivity (Wildman–Crippen MR) is 100 cm³/mol. The molecule has 1 fully saturated rings. The van der Waals surface area contributed by atoms with Crippen molar-refractivity contribution in [1.29, 1.82) is 0 Å². The maximum absolute atomic E-state index is 11.9. The van der Waals surface area contributed by atoms with Gasteiger partial charge in [-0.15, -0.1) is 10.2 Å². The third kappa shape index (κ3) is 5.00. The quantitative estimate of drug-likeness (QED) is 0.752. The Morgan fingerprint density at radius 3 is 2.50 bits per heavy atom. The smallest absolute Gasteiger partial charge is 0.271 e. The lowest BCUT2D eigenvalue weighted by Crippen LogP contribution is -2.46. The van der Waals surface area contributed by atoms with E-state index in [9.17, 15) is 4.79 Å². The minimum atomic E-state index is -0.228. The average Bonchev–Trinajstić information content (AvgIpc) is 2.70. The Hall–Kier alpha value is -2.51. The van der Waals surface area contributed by atoms with E-state index in [2.05, 4.69) is 49.6 Å². The molecule has 7 heteroatoms. The molecule has 0 radical (unpaired) electrons. The molecular formula is C19H25N5O2. The SMILES string of the molecule is COCCNC(=O)c1ccc(N2CCN(Cc3ccccc3)CC2)nn1. The summed E-state index contributed by atoms with van der Waals surface area (Å²) < 4.78 is 4.91. The number of ether oxygens (including phenoxy) is 1. The summed E-state index contributed by atoms with van der Waals surface area (Å²) in [6.45, 7) is 5.68. The molecule has 1 N–H and O–H groups in total. The van der Waals surface area contributed by atoms with Gasteiger partial charge in [0, 0.05) is 46.4 Å². The van der Waals surface area contributed by atoms with E-state index >= 15 is 0 Å². The number of anilines is 1. The zero-order valence-corrected chi connectivity index (χ0v) is 15.1. The van der Waals surface area contributed by atoms with E-state index in [1.54, 1.807) is 13.2 Å². The molecule has 2 aromatic rings. The van der Waals surface area contributed by atoms with Crippen LogP contribution in [0.4, 0.5) is 5.82 Å². The zero-order chi connectivity index (χ0) is 18.2. The van der Waals surface area contributed by atoms with Gasteiger partial charge >= 0.3 is 0 Å². The maximum atomic E-state index is 11.9. The highest BCUT2D eigenvalue weighted by Gasteiger charge is 2.19. The summed E-state index contributed by atoms with van der Waals surface area (Å²) in [5, 5.41) is 11.0. The zero-order valence-electron chi connectivity index (χ0n) is 15.1. The van der Waals surface area contributed by atoms with E-state index in [4.69, 9.17) is 4.74 Å². The molecule has 0 saturated carbocycles. The summed E-state index contributed by atoms with van der Waals surface area (Å²) >= 11 is 0. The highest BCUT2D eigenvalue weighted by Crippen LogP contribution is 2.14. The molecule has 1 saturated heterocycles. The Morgan fingerprint density at radius 2 is 1.85 bits per heavy atom. The fourth-order valence-corrected chi connectivity index (χ4v) is 2.95. The van der Waals surface area contributed by atoms with Gasteiger partial charge < -0.3 is 15.0 Å². The Labute approximate surface area is 154 Å². The van der Waals surface area contributed by atoms with Crippen LogP contribution in [0.2, 0.25) is 0 Å². The molecule has 1 amide bonds. The molecule has 0 spiro atoms. The predicted octanol–water partition coefficient (Wildman–Crippen LogP) is 1.17. The van der Waals surface area contributed by atoms with Crippen molar-refractivity contribution in [3.63, 3.8) is 0 Å². The number of aromatic nitrogens is 2. The lowest BCUT2D eigenvalue weighted by molar-refractivity contribution is 0.0931. The molecule has 138 valence electrons.